The number of nitrogens with zero attached hydrogens (tertiary/aromatic N) is 1. The summed E-state index contributed by atoms with van der Waals surface area (Å²) in [5.41, 5.74) is 0. The molecule has 1 aliphatic rings. The lowest BCUT2D eigenvalue weighted by molar-refractivity contribution is -0.151. The molecule has 2 rings (SSSR count). The van der Waals surface area contributed by atoms with Crippen molar-refractivity contribution in [3.8, 4) is 0 Å². The normalized spacial score (nSPS) is 17.4. The van der Waals surface area contributed by atoms with Gasteiger partial charge in [-0.2, -0.15) is 0 Å². The molecule has 1 saturated heterocycles. The number of carbonyl (C=O) groups excluding carboxylic acids is 2. The highest BCUT2D eigenvalue weighted by atomic mass is 35.5. The fraction of sp³-hybridized carbons (Fsp3) is 0.529. The number of thioether (sulfide) groups is 1. The van der Waals surface area contributed by atoms with Gasteiger partial charge < -0.3 is 9.64 Å². The molecule has 0 spiro atoms. The summed E-state index contributed by atoms with van der Waals surface area (Å²) in [6.07, 6.45) is 4.08. The fourth-order valence-electron chi connectivity index (χ4n) is 2.78. The van der Waals surface area contributed by atoms with Crippen LogP contribution in [0.25, 0.3) is 0 Å². The fourth-order valence-corrected chi connectivity index (χ4v) is 4.28. The number of piperidine rings is 1. The van der Waals surface area contributed by atoms with Gasteiger partial charge in [-0.25, -0.2) is 0 Å². The summed E-state index contributed by atoms with van der Waals surface area (Å²) < 4.78 is 5.11. The van der Waals surface area contributed by atoms with Crippen LogP contribution in [0.1, 0.15) is 32.6 Å². The van der Waals surface area contributed by atoms with Crippen LogP contribution in [0.5, 0.6) is 0 Å². The molecule has 0 bridgehead atoms. The van der Waals surface area contributed by atoms with Crippen molar-refractivity contribution in [3.63, 3.8) is 0 Å². The minimum absolute atomic E-state index is 0.0438. The van der Waals surface area contributed by atoms with Crippen LogP contribution in [-0.2, 0) is 14.3 Å². The third kappa shape index (κ3) is 5.68. The van der Waals surface area contributed by atoms with E-state index in [1.54, 1.807) is 12.1 Å². The van der Waals surface area contributed by atoms with Crippen LogP contribution in [-0.4, -0.2) is 41.7 Å². The number of halogens is 3. The Balaban J connectivity index is 1.81. The second-order valence-electron chi connectivity index (χ2n) is 5.77. The van der Waals surface area contributed by atoms with Gasteiger partial charge in [-0.15, -0.1) is 11.8 Å². The molecule has 8 heteroatoms. The van der Waals surface area contributed by atoms with E-state index in [0.29, 0.717) is 14.9 Å². The topological polar surface area (TPSA) is 46.6 Å². The Kier molecular flexibility index (Phi) is 8.20. The third-order valence-corrected chi connectivity index (χ3v) is 6.56. The van der Waals surface area contributed by atoms with E-state index in [-0.39, 0.29) is 29.3 Å². The number of hydrogen-bond donors (Lipinski definition) is 0. The number of hydrogen-bond acceptors (Lipinski definition) is 4. The predicted molar refractivity (Wildman–Crippen MR) is 103 cm³/mol. The van der Waals surface area contributed by atoms with Gasteiger partial charge in [0.05, 0.1) is 20.8 Å². The minimum Gasteiger partial charge on any atom is -0.455 e. The van der Waals surface area contributed by atoms with E-state index in [1.165, 1.54) is 11.8 Å². The molecule has 1 amide bonds. The van der Waals surface area contributed by atoms with E-state index in [9.17, 15) is 9.59 Å². The number of esters is 1. The molecule has 0 aliphatic carbocycles. The van der Waals surface area contributed by atoms with Gasteiger partial charge in [0.1, 0.15) is 0 Å². The molecule has 1 atom stereocenters. The largest absolute Gasteiger partial charge is 0.455 e. The van der Waals surface area contributed by atoms with Crippen LogP contribution in [0, 0.1) is 0 Å². The van der Waals surface area contributed by atoms with Crippen molar-refractivity contribution in [1.29, 1.82) is 0 Å². The van der Waals surface area contributed by atoms with Crippen LogP contribution in [0.15, 0.2) is 17.0 Å². The molecule has 138 valence electrons. The number of carbonyl (C=O) groups is 2. The molecule has 0 aromatic heterocycles. The summed E-state index contributed by atoms with van der Waals surface area (Å²) in [7, 11) is 0. The molecule has 0 saturated carbocycles. The first-order chi connectivity index (χ1) is 11.9. The third-order valence-electron chi connectivity index (χ3n) is 4.12. The molecule has 1 fully saturated rings. The Bertz CT molecular complexity index is 642. The second-order valence-corrected chi connectivity index (χ2v) is 7.95. The Morgan fingerprint density at radius 3 is 2.72 bits per heavy atom. The highest BCUT2D eigenvalue weighted by Gasteiger charge is 2.25. The second kappa shape index (κ2) is 9.91. The highest BCUT2D eigenvalue weighted by Crippen LogP contribution is 2.37. The summed E-state index contributed by atoms with van der Waals surface area (Å²) in [5, 5.41) is 0.922. The lowest BCUT2D eigenvalue weighted by Gasteiger charge is -2.35. The van der Waals surface area contributed by atoms with Gasteiger partial charge in [-0.05, 0) is 37.8 Å². The maximum absolute atomic E-state index is 12.3. The smallest absolute Gasteiger partial charge is 0.316 e. The van der Waals surface area contributed by atoms with Gasteiger partial charge >= 0.3 is 5.97 Å². The maximum Gasteiger partial charge on any atom is 0.316 e. The van der Waals surface area contributed by atoms with Gasteiger partial charge in [0, 0.05) is 17.5 Å². The van der Waals surface area contributed by atoms with E-state index >= 15 is 0 Å². The average Bonchev–Trinajstić information content (AvgIpc) is 2.63. The zero-order chi connectivity index (χ0) is 18.4. The standard InChI is InChI=1S/C17H20Cl3NO3S/c1-2-11-5-3-4-8-21(11)14(22)9-24-15(23)10-25-13-7-6-12(18)16(19)17(13)20/h6-7,11H,2-5,8-10H2,1H3. The van der Waals surface area contributed by atoms with Crippen molar-refractivity contribution >= 4 is 58.4 Å². The van der Waals surface area contributed by atoms with Crippen molar-refractivity contribution in [1.82, 2.24) is 4.90 Å². The summed E-state index contributed by atoms with van der Waals surface area (Å²) >= 11 is 19.1. The molecule has 25 heavy (non-hydrogen) atoms. The minimum atomic E-state index is -0.467. The maximum atomic E-state index is 12.3. The highest BCUT2D eigenvalue weighted by molar-refractivity contribution is 8.00. The van der Waals surface area contributed by atoms with E-state index in [2.05, 4.69) is 6.92 Å². The van der Waals surface area contributed by atoms with E-state index in [1.807, 2.05) is 4.90 Å². The number of rotatable bonds is 6. The number of amides is 1. The Morgan fingerprint density at radius 1 is 1.24 bits per heavy atom. The first-order valence-electron chi connectivity index (χ1n) is 8.15. The van der Waals surface area contributed by atoms with E-state index in [4.69, 9.17) is 39.5 Å². The lowest BCUT2D eigenvalue weighted by Crippen LogP contribution is -2.45. The van der Waals surface area contributed by atoms with Crippen molar-refractivity contribution in [2.45, 2.75) is 43.5 Å². The number of benzene rings is 1. The van der Waals surface area contributed by atoms with Gasteiger partial charge in [-0.3, -0.25) is 9.59 Å². The summed E-state index contributed by atoms with van der Waals surface area (Å²) in [6, 6.07) is 3.57. The molecule has 0 N–H and O–H groups in total. The van der Waals surface area contributed by atoms with E-state index in [0.717, 1.165) is 32.2 Å². The monoisotopic (exact) mass is 423 g/mol. The lowest BCUT2D eigenvalue weighted by atomic mass is 10.00. The zero-order valence-electron chi connectivity index (χ0n) is 13.9. The summed E-state index contributed by atoms with van der Waals surface area (Å²) in [4.78, 5) is 26.6. The molecule has 0 radical (unpaired) electrons. The summed E-state index contributed by atoms with van der Waals surface area (Å²) in [6.45, 7) is 2.59. The van der Waals surface area contributed by atoms with E-state index < -0.39 is 5.97 Å². The Morgan fingerprint density at radius 2 is 2.00 bits per heavy atom. The Hall–Kier alpha value is -0.620. The molecular formula is C17H20Cl3NO3S. The van der Waals surface area contributed by atoms with Crippen molar-refractivity contribution in [2.24, 2.45) is 0 Å². The molecule has 1 aliphatic heterocycles. The zero-order valence-corrected chi connectivity index (χ0v) is 17.0. The molecule has 4 nitrogen and oxygen atoms in total. The molecule has 1 aromatic carbocycles. The number of ether oxygens (including phenoxy) is 1. The first-order valence-corrected chi connectivity index (χ1v) is 10.3. The van der Waals surface area contributed by atoms with Crippen LogP contribution >= 0.6 is 46.6 Å². The Labute approximate surface area is 167 Å². The van der Waals surface area contributed by atoms with Crippen molar-refractivity contribution in [3.05, 3.63) is 27.2 Å². The van der Waals surface area contributed by atoms with Crippen LogP contribution in [0.2, 0.25) is 15.1 Å². The SMILES string of the molecule is CCC1CCCCN1C(=O)COC(=O)CSc1ccc(Cl)c(Cl)c1Cl. The predicted octanol–water partition coefficient (Wildman–Crippen LogP) is 5.07. The molecule has 1 heterocycles. The van der Waals surface area contributed by atoms with Gasteiger partial charge in [-0.1, -0.05) is 41.7 Å². The van der Waals surface area contributed by atoms with Gasteiger partial charge in [0.2, 0.25) is 0 Å². The van der Waals surface area contributed by atoms with Crippen molar-refractivity contribution in [2.75, 3.05) is 18.9 Å². The quantitative estimate of drug-likeness (QED) is 0.363. The van der Waals surface area contributed by atoms with Crippen molar-refractivity contribution < 1.29 is 14.3 Å². The van der Waals surface area contributed by atoms with Crippen LogP contribution in [0.4, 0.5) is 0 Å². The molecule has 1 aromatic rings. The van der Waals surface area contributed by atoms with Crippen LogP contribution < -0.4 is 0 Å². The van der Waals surface area contributed by atoms with Gasteiger partial charge in [0.25, 0.3) is 5.91 Å². The number of likely N-dealkylation sites (tertiary alicyclic amines) is 1. The summed E-state index contributed by atoms with van der Waals surface area (Å²) in [5.74, 6) is -0.551. The average molecular weight is 425 g/mol. The molecular weight excluding hydrogens is 405 g/mol. The van der Waals surface area contributed by atoms with Crippen LogP contribution in [0.3, 0.4) is 0 Å². The molecule has 1 unspecified atom stereocenters. The first kappa shape index (κ1) is 20.7. The van der Waals surface area contributed by atoms with Gasteiger partial charge in [0.15, 0.2) is 6.61 Å².